The highest BCUT2D eigenvalue weighted by Crippen LogP contribution is 2.20. The number of hydrogen-bond donors (Lipinski definition) is 2. The second-order valence-corrected chi connectivity index (χ2v) is 7.04. The van der Waals surface area contributed by atoms with E-state index in [1.54, 1.807) is 12.1 Å². The molecule has 2 rings (SSSR count). The number of nitrogens with one attached hydrogen (secondary N) is 1. The van der Waals surface area contributed by atoms with E-state index in [-0.39, 0.29) is 4.90 Å². The maximum absolute atomic E-state index is 12.2. The van der Waals surface area contributed by atoms with E-state index < -0.39 is 10.0 Å². The summed E-state index contributed by atoms with van der Waals surface area (Å²) in [5.74, 6) is 0. The molecule has 0 amide bonds. The van der Waals surface area contributed by atoms with Crippen LogP contribution in [-0.2, 0) is 10.0 Å². The summed E-state index contributed by atoms with van der Waals surface area (Å²) < 4.78 is 26.9. The molecule has 0 radical (unpaired) electrons. The maximum Gasteiger partial charge on any atom is 0.240 e. The molecular formula is C15H22N2O2S. The summed E-state index contributed by atoms with van der Waals surface area (Å²) >= 11 is 0. The van der Waals surface area contributed by atoms with Gasteiger partial charge >= 0.3 is 0 Å². The molecule has 0 saturated heterocycles. The summed E-state index contributed by atoms with van der Waals surface area (Å²) in [4.78, 5) is 0.234. The Labute approximate surface area is 121 Å². The fourth-order valence-corrected chi connectivity index (χ4v) is 3.41. The largest absolute Gasteiger partial charge is 0.398 e. The van der Waals surface area contributed by atoms with Gasteiger partial charge in [0.1, 0.15) is 0 Å². The van der Waals surface area contributed by atoms with Crippen LogP contribution in [0.25, 0.3) is 0 Å². The van der Waals surface area contributed by atoms with Crippen LogP contribution in [0.2, 0.25) is 0 Å². The Hall–Kier alpha value is -1.33. The molecule has 1 aromatic rings. The van der Waals surface area contributed by atoms with Crippen LogP contribution in [-0.4, -0.2) is 15.0 Å². The van der Waals surface area contributed by atoms with Gasteiger partial charge < -0.3 is 5.73 Å². The molecule has 110 valence electrons. The highest BCUT2D eigenvalue weighted by atomic mass is 32.2. The van der Waals surface area contributed by atoms with Gasteiger partial charge in [-0.1, -0.05) is 17.7 Å². The van der Waals surface area contributed by atoms with Gasteiger partial charge in [0.2, 0.25) is 10.0 Å². The molecule has 1 aliphatic carbocycles. The number of hydrogen-bond acceptors (Lipinski definition) is 3. The molecule has 3 N–H and O–H groups in total. The highest BCUT2D eigenvalue weighted by Gasteiger charge is 2.14. The van der Waals surface area contributed by atoms with Crippen molar-refractivity contribution in [2.75, 3.05) is 12.3 Å². The number of benzene rings is 1. The van der Waals surface area contributed by atoms with Crippen molar-refractivity contribution in [1.29, 1.82) is 0 Å². The van der Waals surface area contributed by atoms with Crippen molar-refractivity contribution in [2.24, 2.45) is 0 Å². The Morgan fingerprint density at radius 3 is 2.75 bits per heavy atom. The van der Waals surface area contributed by atoms with Crippen LogP contribution in [0, 0.1) is 6.92 Å². The Kier molecular flexibility index (Phi) is 4.83. The van der Waals surface area contributed by atoms with Crippen LogP contribution >= 0.6 is 0 Å². The van der Waals surface area contributed by atoms with Gasteiger partial charge in [0.25, 0.3) is 0 Å². The summed E-state index contributed by atoms with van der Waals surface area (Å²) in [5.41, 5.74) is 8.51. The van der Waals surface area contributed by atoms with Crippen LogP contribution in [0.1, 0.15) is 37.7 Å². The zero-order valence-electron chi connectivity index (χ0n) is 11.9. The van der Waals surface area contributed by atoms with Crippen LogP contribution in [0.3, 0.4) is 0 Å². The first-order valence-corrected chi connectivity index (χ1v) is 8.51. The van der Waals surface area contributed by atoms with E-state index in [0.717, 1.165) is 24.8 Å². The zero-order chi connectivity index (χ0) is 14.6. The molecule has 0 bridgehead atoms. The third kappa shape index (κ3) is 3.84. The Bertz CT molecular complexity index is 606. The van der Waals surface area contributed by atoms with Gasteiger partial charge in [-0.2, -0.15) is 0 Å². The first-order chi connectivity index (χ1) is 9.49. The quantitative estimate of drug-likeness (QED) is 0.648. The molecule has 0 saturated carbocycles. The normalized spacial score (nSPS) is 15.9. The van der Waals surface area contributed by atoms with Crippen LogP contribution in [0.15, 0.2) is 34.7 Å². The highest BCUT2D eigenvalue weighted by molar-refractivity contribution is 7.89. The molecule has 0 unspecified atom stereocenters. The van der Waals surface area contributed by atoms with E-state index in [9.17, 15) is 8.42 Å². The standard InChI is InChI=1S/C15H22N2O2S/c1-12-7-8-14(11-15(12)16)20(18,19)17-10-9-13-5-3-2-4-6-13/h5,7-8,11,17H,2-4,6,9-10,16H2,1H3. The van der Waals surface area contributed by atoms with E-state index in [1.165, 1.54) is 24.5 Å². The van der Waals surface area contributed by atoms with Gasteiger partial charge in [-0.15, -0.1) is 0 Å². The van der Waals surface area contributed by atoms with Crippen molar-refractivity contribution in [2.45, 2.75) is 43.9 Å². The molecule has 0 fully saturated rings. The van der Waals surface area contributed by atoms with Gasteiger partial charge in [-0.3, -0.25) is 0 Å². The molecule has 4 nitrogen and oxygen atoms in total. The predicted octanol–water partition coefficient (Wildman–Crippen LogP) is 2.75. The van der Waals surface area contributed by atoms with Crippen LogP contribution < -0.4 is 10.5 Å². The first-order valence-electron chi connectivity index (χ1n) is 7.03. The van der Waals surface area contributed by atoms with Crippen molar-refractivity contribution in [3.05, 3.63) is 35.4 Å². The lowest BCUT2D eigenvalue weighted by Gasteiger charge is -2.13. The van der Waals surface area contributed by atoms with E-state index in [0.29, 0.717) is 12.2 Å². The van der Waals surface area contributed by atoms with Crippen molar-refractivity contribution in [1.82, 2.24) is 4.72 Å². The molecule has 1 aliphatic rings. The minimum absolute atomic E-state index is 0.234. The van der Waals surface area contributed by atoms with Gasteiger partial charge in [0, 0.05) is 12.2 Å². The second-order valence-electron chi connectivity index (χ2n) is 5.27. The number of nitrogen functional groups attached to an aromatic ring is 1. The van der Waals surface area contributed by atoms with Gasteiger partial charge in [-0.05, 0) is 56.7 Å². The lowest BCUT2D eigenvalue weighted by atomic mass is 9.97. The monoisotopic (exact) mass is 294 g/mol. The number of sulfonamides is 1. The van der Waals surface area contributed by atoms with Crippen molar-refractivity contribution in [3.8, 4) is 0 Å². The molecule has 1 aromatic carbocycles. The van der Waals surface area contributed by atoms with Crippen LogP contribution in [0.4, 0.5) is 5.69 Å². The van der Waals surface area contributed by atoms with Crippen molar-refractivity contribution < 1.29 is 8.42 Å². The minimum atomic E-state index is -3.46. The number of aryl methyl sites for hydroxylation is 1. The smallest absolute Gasteiger partial charge is 0.240 e. The molecule has 0 heterocycles. The third-order valence-corrected chi connectivity index (χ3v) is 5.14. The van der Waals surface area contributed by atoms with Crippen LogP contribution in [0.5, 0.6) is 0 Å². The minimum Gasteiger partial charge on any atom is -0.398 e. The fourth-order valence-electron chi connectivity index (χ4n) is 2.35. The predicted molar refractivity (Wildman–Crippen MR) is 81.9 cm³/mol. The second kappa shape index (κ2) is 6.41. The summed E-state index contributed by atoms with van der Waals surface area (Å²) in [5, 5.41) is 0. The Morgan fingerprint density at radius 2 is 2.10 bits per heavy atom. The molecule has 0 aliphatic heterocycles. The average molecular weight is 294 g/mol. The molecule has 20 heavy (non-hydrogen) atoms. The lowest BCUT2D eigenvalue weighted by molar-refractivity contribution is 0.579. The topological polar surface area (TPSA) is 72.2 Å². The Morgan fingerprint density at radius 1 is 1.30 bits per heavy atom. The first kappa shape index (κ1) is 15.1. The summed E-state index contributed by atoms with van der Waals surface area (Å²) in [6.45, 7) is 2.30. The molecule has 0 spiro atoms. The van der Waals surface area contributed by atoms with Gasteiger partial charge in [0.15, 0.2) is 0 Å². The fraction of sp³-hybridized carbons (Fsp3) is 0.467. The summed E-state index contributed by atoms with van der Waals surface area (Å²) in [7, 11) is -3.46. The Balaban J connectivity index is 1.96. The van der Waals surface area contributed by atoms with E-state index in [2.05, 4.69) is 10.8 Å². The van der Waals surface area contributed by atoms with Crippen molar-refractivity contribution in [3.63, 3.8) is 0 Å². The number of anilines is 1. The van der Waals surface area contributed by atoms with Gasteiger partial charge in [0.05, 0.1) is 4.90 Å². The summed E-state index contributed by atoms with van der Waals surface area (Å²) in [6, 6.07) is 4.83. The van der Waals surface area contributed by atoms with E-state index in [1.807, 2.05) is 6.92 Å². The summed E-state index contributed by atoms with van der Waals surface area (Å²) in [6.07, 6.45) is 7.71. The average Bonchev–Trinajstić information content (AvgIpc) is 2.43. The van der Waals surface area contributed by atoms with E-state index >= 15 is 0 Å². The van der Waals surface area contributed by atoms with Crippen molar-refractivity contribution >= 4 is 15.7 Å². The third-order valence-electron chi connectivity index (χ3n) is 3.68. The molecular weight excluding hydrogens is 272 g/mol. The number of rotatable bonds is 5. The number of nitrogens with two attached hydrogens (primary N) is 1. The molecule has 0 atom stereocenters. The molecule has 0 aromatic heterocycles. The van der Waals surface area contributed by atoms with Gasteiger partial charge in [-0.25, -0.2) is 13.1 Å². The lowest BCUT2D eigenvalue weighted by Crippen LogP contribution is -2.25. The SMILES string of the molecule is Cc1ccc(S(=O)(=O)NCCC2=CCCCC2)cc1N. The molecule has 5 heteroatoms. The maximum atomic E-state index is 12.2. The zero-order valence-corrected chi connectivity index (χ0v) is 12.7. The number of allylic oxidation sites excluding steroid dienone is 1. The van der Waals surface area contributed by atoms with E-state index in [4.69, 9.17) is 5.73 Å².